The molecule has 0 aromatic heterocycles. The van der Waals surface area contributed by atoms with E-state index in [1.165, 1.54) is 0 Å². The summed E-state index contributed by atoms with van der Waals surface area (Å²) in [6, 6.07) is 12.2. The minimum Gasteiger partial charge on any atom is -0.491 e. The van der Waals surface area contributed by atoms with E-state index in [0.29, 0.717) is 27.8 Å². The van der Waals surface area contributed by atoms with Crippen LogP contribution >= 0.6 is 11.6 Å². The number of aliphatic hydroxyl groups is 1. The van der Waals surface area contributed by atoms with Gasteiger partial charge in [0.15, 0.2) is 11.5 Å². The van der Waals surface area contributed by atoms with E-state index in [-0.39, 0.29) is 19.9 Å². The number of aliphatic hydroxyl groups excluding tert-OH is 1. The Morgan fingerprint density at radius 3 is 2.88 bits per heavy atom. The van der Waals surface area contributed by atoms with Crippen molar-refractivity contribution in [2.75, 3.05) is 25.3 Å². The van der Waals surface area contributed by atoms with Crippen LogP contribution in [0.4, 0.5) is 5.69 Å². The second-order valence-electron chi connectivity index (χ2n) is 5.17. The molecule has 0 fully saturated rings. The van der Waals surface area contributed by atoms with Crippen molar-refractivity contribution in [2.45, 2.75) is 6.10 Å². The molecule has 1 unspecified atom stereocenters. The van der Waals surface area contributed by atoms with Crippen molar-refractivity contribution < 1.29 is 19.3 Å². The summed E-state index contributed by atoms with van der Waals surface area (Å²) < 4.78 is 16.0. The fraction of sp³-hybridized carbons (Fsp3) is 0.235. The van der Waals surface area contributed by atoms with E-state index in [4.69, 9.17) is 31.1 Å². The molecule has 6 nitrogen and oxygen atoms in total. The summed E-state index contributed by atoms with van der Waals surface area (Å²) in [4.78, 5) is 0. The van der Waals surface area contributed by atoms with Crippen molar-refractivity contribution in [3.63, 3.8) is 0 Å². The maximum atomic E-state index is 10.0. The molecule has 0 aliphatic carbocycles. The summed E-state index contributed by atoms with van der Waals surface area (Å²) in [5.74, 6) is 1.91. The third kappa shape index (κ3) is 3.82. The smallest absolute Gasteiger partial charge is 0.231 e. The lowest BCUT2D eigenvalue weighted by atomic mass is 10.2. The Labute approximate surface area is 144 Å². The number of benzene rings is 2. The molecule has 1 atom stereocenters. The molecule has 0 saturated heterocycles. The van der Waals surface area contributed by atoms with Gasteiger partial charge in [0.2, 0.25) is 6.79 Å². The van der Waals surface area contributed by atoms with Gasteiger partial charge in [0.25, 0.3) is 0 Å². The SMILES string of the molecule is N#Cc1ccc(NCC(O)COc2ccc3c(c2)OCO3)cc1Cl. The lowest BCUT2D eigenvalue weighted by Crippen LogP contribution is -2.26. The van der Waals surface area contributed by atoms with Crippen LogP contribution in [0.15, 0.2) is 36.4 Å². The van der Waals surface area contributed by atoms with Gasteiger partial charge in [-0.25, -0.2) is 0 Å². The molecular formula is C17H15ClN2O4. The van der Waals surface area contributed by atoms with Crippen molar-refractivity contribution in [2.24, 2.45) is 0 Å². The number of hydrogen-bond donors (Lipinski definition) is 2. The Morgan fingerprint density at radius 1 is 1.25 bits per heavy atom. The number of nitrogens with one attached hydrogen (secondary N) is 1. The van der Waals surface area contributed by atoms with Crippen LogP contribution < -0.4 is 19.5 Å². The summed E-state index contributed by atoms with van der Waals surface area (Å²) in [5.41, 5.74) is 1.13. The average molecular weight is 347 g/mol. The van der Waals surface area contributed by atoms with Gasteiger partial charge in [-0.3, -0.25) is 0 Å². The minimum atomic E-state index is -0.718. The quantitative estimate of drug-likeness (QED) is 0.836. The molecule has 1 heterocycles. The number of halogens is 1. The van der Waals surface area contributed by atoms with E-state index < -0.39 is 6.10 Å². The van der Waals surface area contributed by atoms with Gasteiger partial charge in [0.05, 0.1) is 10.6 Å². The molecule has 24 heavy (non-hydrogen) atoms. The molecule has 1 aliphatic rings. The van der Waals surface area contributed by atoms with E-state index in [1.807, 2.05) is 6.07 Å². The molecule has 7 heteroatoms. The monoisotopic (exact) mass is 346 g/mol. The number of anilines is 1. The first-order chi connectivity index (χ1) is 11.7. The second-order valence-corrected chi connectivity index (χ2v) is 5.57. The van der Waals surface area contributed by atoms with Crippen LogP contribution in [0.3, 0.4) is 0 Å². The lowest BCUT2D eigenvalue weighted by molar-refractivity contribution is 0.117. The molecule has 0 radical (unpaired) electrons. The van der Waals surface area contributed by atoms with Crippen molar-refractivity contribution in [3.8, 4) is 23.3 Å². The summed E-state index contributed by atoms with van der Waals surface area (Å²) in [5, 5.41) is 22.3. The highest BCUT2D eigenvalue weighted by atomic mass is 35.5. The molecule has 124 valence electrons. The summed E-state index contributed by atoms with van der Waals surface area (Å²) >= 11 is 5.96. The van der Waals surface area contributed by atoms with Crippen molar-refractivity contribution >= 4 is 17.3 Å². The van der Waals surface area contributed by atoms with Crippen LogP contribution in [0, 0.1) is 11.3 Å². The van der Waals surface area contributed by atoms with Gasteiger partial charge >= 0.3 is 0 Å². The zero-order valence-electron chi connectivity index (χ0n) is 12.7. The van der Waals surface area contributed by atoms with E-state index in [2.05, 4.69) is 5.32 Å². The average Bonchev–Trinajstić information content (AvgIpc) is 3.06. The van der Waals surface area contributed by atoms with Crippen molar-refractivity contribution in [3.05, 3.63) is 47.0 Å². The zero-order valence-corrected chi connectivity index (χ0v) is 13.4. The van der Waals surface area contributed by atoms with E-state index in [9.17, 15) is 5.11 Å². The van der Waals surface area contributed by atoms with Gasteiger partial charge in [-0.2, -0.15) is 5.26 Å². The predicted molar refractivity (Wildman–Crippen MR) is 88.7 cm³/mol. The van der Waals surface area contributed by atoms with Gasteiger partial charge in [-0.1, -0.05) is 11.6 Å². The van der Waals surface area contributed by atoms with Crippen molar-refractivity contribution in [1.82, 2.24) is 0 Å². The predicted octanol–water partition coefficient (Wildman–Crippen LogP) is 2.79. The number of rotatable bonds is 6. The molecule has 0 spiro atoms. The lowest BCUT2D eigenvalue weighted by Gasteiger charge is -2.14. The molecule has 0 amide bonds. The number of ether oxygens (including phenoxy) is 3. The van der Waals surface area contributed by atoms with Gasteiger partial charge < -0.3 is 24.6 Å². The zero-order chi connectivity index (χ0) is 16.9. The number of hydrogen-bond acceptors (Lipinski definition) is 6. The Hall–Kier alpha value is -2.62. The number of fused-ring (bicyclic) bond motifs is 1. The maximum absolute atomic E-state index is 10.0. The highest BCUT2D eigenvalue weighted by molar-refractivity contribution is 6.32. The van der Waals surface area contributed by atoms with Crippen LogP contribution in [0.2, 0.25) is 5.02 Å². The molecular weight excluding hydrogens is 332 g/mol. The Kier molecular flexibility index (Phi) is 4.94. The summed E-state index contributed by atoms with van der Waals surface area (Å²) in [6.45, 7) is 0.613. The first kappa shape index (κ1) is 16.2. The van der Waals surface area contributed by atoms with Crippen LogP contribution in [0.1, 0.15) is 5.56 Å². The number of nitrogens with zero attached hydrogens (tertiary/aromatic N) is 1. The van der Waals surface area contributed by atoms with Crippen LogP contribution in [0.5, 0.6) is 17.2 Å². The highest BCUT2D eigenvalue weighted by Crippen LogP contribution is 2.35. The highest BCUT2D eigenvalue weighted by Gasteiger charge is 2.14. The first-order valence-electron chi connectivity index (χ1n) is 7.30. The Morgan fingerprint density at radius 2 is 2.08 bits per heavy atom. The van der Waals surface area contributed by atoms with Gasteiger partial charge in [0, 0.05) is 18.3 Å². The van der Waals surface area contributed by atoms with Gasteiger partial charge in [0.1, 0.15) is 24.5 Å². The molecule has 0 bridgehead atoms. The summed E-state index contributed by atoms with van der Waals surface area (Å²) in [7, 11) is 0. The van der Waals surface area contributed by atoms with E-state index >= 15 is 0 Å². The molecule has 2 aromatic rings. The van der Waals surface area contributed by atoms with Crippen LogP contribution in [-0.4, -0.2) is 31.2 Å². The molecule has 1 aliphatic heterocycles. The third-order valence-electron chi connectivity index (χ3n) is 3.42. The minimum absolute atomic E-state index is 0.122. The van der Waals surface area contributed by atoms with Crippen LogP contribution in [-0.2, 0) is 0 Å². The molecule has 2 N–H and O–H groups in total. The van der Waals surface area contributed by atoms with Gasteiger partial charge in [-0.05, 0) is 30.3 Å². The van der Waals surface area contributed by atoms with Crippen LogP contribution in [0.25, 0.3) is 0 Å². The second kappa shape index (κ2) is 7.30. The van der Waals surface area contributed by atoms with E-state index in [1.54, 1.807) is 36.4 Å². The fourth-order valence-corrected chi connectivity index (χ4v) is 2.39. The Balaban J connectivity index is 1.48. The maximum Gasteiger partial charge on any atom is 0.231 e. The largest absolute Gasteiger partial charge is 0.491 e. The standard InChI is InChI=1S/C17H15ClN2O4/c18-15-5-12(2-1-11(15)7-19)20-8-13(21)9-22-14-3-4-16-17(6-14)24-10-23-16/h1-6,13,20-21H,8-10H2. The molecule has 2 aromatic carbocycles. The van der Waals surface area contributed by atoms with E-state index in [0.717, 1.165) is 5.69 Å². The Bertz CT molecular complexity index is 761. The first-order valence-corrected chi connectivity index (χ1v) is 7.67. The third-order valence-corrected chi connectivity index (χ3v) is 3.73. The fourth-order valence-electron chi connectivity index (χ4n) is 2.17. The molecule has 0 saturated carbocycles. The van der Waals surface area contributed by atoms with Gasteiger partial charge in [-0.15, -0.1) is 0 Å². The molecule has 3 rings (SSSR count). The topological polar surface area (TPSA) is 83.7 Å². The van der Waals surface area contributed by atoms with Crippen molar-refractivity contribution in [1.29, 1.82) is 5.26 Å². The normalized spacial score (nSPS) is 13.2. The summed E-state index contributed by atoms with van der Waals surface area (Å²) in [6.07, 6.45) is -0.718. The number of nitriles is 1.